The Kier molecular flexibility index (Phi) is 6.53. The molecule has 0 fully saturated rings. The van der Waals surface area contributed by atoms with E-state index in [0.29, 0.717) is 17.0 Å². The molecule has 1 N–H and O–H groups in total. The molecule has 9 heteroatoms. The Bertz CT molecular complexity index is 1090. The zero-order chi connectivity index (χ0) is 22.7. The van der Waals surface area contributed by atoms with Crippen molar-refractivity contribution in [3.63, 3.8) is 0 Å². The molecule has 1 unspecified atom stereocenters. The summed E-state index contributed by atoms with van der Waals surface area (Å²) in [7, 11) is 3.29. The molecule has 0 aliphatic carbocycles. The summed E-state index contributed by atoms with van der Waals surface area (Å²) < 4.78 is 34.2. The third kappa shape index (κ3) is 4.99. The Morgan fingerprint density at radius 1 is 1.13 bits per heavy atom. The highest BCUT2D eigenvalue weighted by molar-refractivity contribution is 5.95. The number of nitrogens with one attached hydrogen (secondary N) is 1. The summed E-state index contributed by atoms with van der Waals surface area (Å²) in [5.74, 6) is -2.13. The van der Waals surface area contributed by atoms with E-state index in [-0.39, 0.29) is 29.9 Å². The fourth-order valence-corrected chi connectivity index (χ4v) is 3.12. The Balaban J connectivity index is 1.76. The first kappa shape index (κ1) is 22.2. The molecule has 0 saturated carbocycles. The lowest BCUT2D eigenvalue weighted by Crippen LogP contribution is -2.29. The summed E-state index contributed by atoms with van der Waals surface area (Å²) in [6.45, 7) is 3.63. The summed E-state index contributed by atoms with van der Waals surface area (Å²) in [6.07, 6.45) is 1.41. The Morgan fingerprint density at radius 2 is 1.77 bits per heavy atom. The number of ether oxygens (including phenoxy) is 1. The van der Waals surface area contributed by atoms with Gasteiger partial charge < -0.3 is 19.5 Å². The predicted molar refractivity (Wildman–Crippen MR) is 113 cm³/mol. The lowest BCUT2D eigenvalue weighted by Gasteiger charge is -2.22. The average Bonchev–Trinajstić information content (AvgIpc) is 3.09. The molecule has 164 valence electrons. The van der Waals surface area contributed by atoms with Gasteiger partial charge in [0.2, 0.25) is 5.91 Å². The van der Waals surface area contributed by atoms with Crippen LogP contribution in [0, 0.1) is 17.6 Å². The van der Waals surface area contributed by atoms with E-state index < -0.39 is 17.7 Å². The van der Waals surface area contributed by atoms with Crippen LogP contribution < -0.4 is 10.1 Å². The topological polar surface area (TPSA) is 76.5 Å². The maximum Gasteiger partial charge on any atom is 0.259 e. The van der Waals surface area contributed by atoms with E-state index in [9.17, 15) is 18.4 Å². The Labute approximate surface area is 178 Å². The van der Waals surface area contributed by atoms with E-state index >= 15 is 0 Å². The number of carbonyl (C=O) groups is 2. The van der Waals surface area contributed by atoms with Gasteiger partial charge in [0.15, 0.2) is 18.2 Å². The minimum absolute atomic E-state index is 0.0843. The Hall–Kier alpha value is -3.49. The smallest absolute Gasteiger partial charge is 0.259 e. The zero-order valence-corrected chi connectivity index (χ0v) is 17.7. The monoisotopic (exact) mass is 430 g/mol. The van der Waals surface area contributed by atoms with Gasteiger partial charge in [0.05, 0.1) is 17.4 Å². The second-order valence-electron chi connectivity index (χ2n) is 7.69. The van der Waals surface area contributed by atoms with Crippen LogP contribution in [0.4, 0.5) is 14.5 Å². The van der Waals surface area contributed by atoms with E-state index in [1.807, 2.05) is 13.8 Å². The van der Waals surface area contributed by atoms with E-state index in [1.54, 1.807) is 42.9 Å². The van der Waals surface area contributed by atoms with Crippen LogP contribution in [-0.4, -0.2) is 47.0 Å². The third-order valence-electron chi connectivity index (χ3n) is 4.80. The van der Waals surface area contributed by atoms with Crippen LogP contribution in [0.3, 0.4) is 0 Å². The van der Waals surface area contributed by atoms with Gasteiger partial charge in [0, 0.05) is 31.9 Å². The van der Waals surface area contributed by atoms with Crippen LogP contribution >= 0.6 is 0 Å². The summed E-state index contributed by atoms with van der Waals surface area (Å²) in [4.78, 5) is 30.2. The number of benzene rings is 2. The summed E-state index contributed by atoms with van der Waals surface area (Å²) in [6, 6.07) is 7.97. The molecule has 0 bridgehead atoms. The van der Waals surface area contributed by atoms with Crippen molar-refractivity contribution in [3.8, 4) is 5.75 Å². The number of halogens is 2. The molecule has 0 spiro atoms. The number of likely N-dealkylation sites (N-methyl/N-ethyl adjacent to an activating group) is 1. The number of fused-ring (bicyclic) bond motifs is 1. The summed E-state index contributed by atoms with van der Waals surface area (Å²) in [5.41, 5.74) is 1.14. The number of anilines is 1. The fraction of sp³-hybridized carbons (Fsp3) is 0.318. The van der Waals surface area contributed by atoms with Crippen LogP contribution in [0.15, 0.2) is 42.7 Å². The van der Waals surface area contributed by atoms with E-state index in [4.69, 9.17) is 4.74 Å². The molecule has 0 aliphatic rings. The second-order valence-corrected chi connectivity index (χ2v) is 7.69. The van der Waals surface area contributed by atoms with Crippen molar-refractivity contribution in [2.24, 2.45) is 5.92 Å². The molecule has 7 nitrogen and oxygen atoms in total. The molecule has 2 amide bonds. The normalized spacial score (nSPS) is 12.1. The van der Waals surface area contributed by atoms with Crippen molar-refractivity contribution < 1.29 is 23.1 Å². The van der Waals surface area contributed by atoms with Gasteiger partial charge in [-0.3, -0.25) is 9.59 Å². The van der Waals surface area contributed by atoms with Crippen molar-refractivity contribution in [2.75, 3.05) is 26.0 Å². The van der Waals surface area contributed by atoms with Crippen molar-refractivity contribution in [1.82, 2.24) is 14.5 Å². The number of nitrogens with zero attached hydrogens (tertiary/aromatic N) is 3. The first-order valence-electron chi connectivity index (χ1n) is 9.73. The average molecular weight is 430 g/mol. The van der Waals surface area contributed by atoms with Crippen LogP contribution in [0.5, 0.6) is 5.75 Å². The molecule has 1 atom stereocenters. The molecule has 2 aromatic carbocycles. The van der Waals surface area contributed by atoms with Gasteiger partial charge in [0.1, 0.15) is 11.8 Å². The fourth-order valence-electron chi connectivity index (χ4n) is 3.12. The second kappa shape index (κ2) is 9.11. The highest BCUT2D eigenvalue weighted by Crippen LogP contribution is 2.27. The number of hydrogen-bond donors (Lipinski definition) is 1. The molecule has 0 saturated heterocycles. The SMILES string of the molecule is CC(C)C(C(=O)Nc1ccc(OCC(=O)N(C)C)cc1)n1cnc2cc(F)c(F)cc21. The Morgan fingerprint density at radius 3 is 2.39 bits per heavy atom. The van der Waals surface area contributed by atoms with Crippen molar-refractivity contribution in [1.29, 1.82) is 0 Å². The molecule has 0 radical (unpaired) electrons. The van der Waals surface area contributed by atoms with Gasteiger partial charge in [-0.05, 0) is 30.2 Å². The van der Waals surface area contributed by atoms with Crippen LogP contribution in [0.1, 0.15) is 19.9 Å². The van der Waals surface area contributed by atoms with Crippen molar-refractivity contribution in [2.45, 2.75) is 19.9 Å². The molecule has 3 rings (SSSR count). The van der Waals surface area contributed by atoms with Crippen LogP contribution in [0.25, 0.3) is 11.0 Å². The lowest BCUT2D eigenvalue weighted by molar-refractivity contribution is -0.130. The zero-order valence-electron chi connectivity index (χ0n) is 17.7. The van der Waals surface area contributed by atoms with Gasteiger partial charge in [-0.15, -0.1) is 0 Å². The molecule has 3 aromatic rings. The van der Waals surface area contributed by atoms with Crippen molar-refractivity contribution >= 4 is 28.5 Å². The molecule has 0 aliphatic heterocycles. The molecule has 1 aromatic heterocycles. The molecule has 1 heterocycles. The maximum absolute atomic E-state index is 13.8. The maximum atomic E-state index is 13.8. The predicted octanol–water partition coefficient (Wildman–Crippen LogP) is 3.62. The molecular formula is C22H24F2N4O3. The van der Waals surface area contributed by atoms with Gasteiger partial charge in [-0.2, -0.15) is 0 Å². The standard InChI is InChI=1S/C22H24F2N4O3/c1-13(2)21(28-12-25-18-9-16(23)17(24)10-19(18)28)22(30)26-14-5-7-15(8-6-14)31-11-20(29)27(3)4/h5-10,12-13,21H,11H2,1-4H3,(H,26,30). The van der Waals surface area contributed by atoms with E-state index in [1.165, 1.54) is 11.2 Å². The third-order valence-corrected chi connectivity index (χ3v) is 4.80. The van der Waals surface area contributed by atoms with Crippen LogP contribution in [-0.2, 0) is 9.59 Å². The first-order chi connectivity index (χ1) is 14.7. The van der Waals surface area contributed by atoms with E-state index in [0.717, 1.165) is 12.1 Å². The minimum Gasteiger partial charge on any atom is -0.484 e. The highest BCUT2D eigenvalue weighted by atomic mass is 19.2. The largest absolute Gasteiger partial charge is 0.484 e. The summed E-state index contributed by atoms with van der Waals surface area (Å²) in [5, 5.41) is 2.83. The van der Waals surface area contributed by atoms with Crippen molar-refractivity contribution in [3.05, 3.63) is 54.4 Å². The highest BCUT2D eigenvalue weighted by Gasteiger charge is 2.26. The number of carbonyl (C=O) groups excluding carboxylic acids is 2. The number of amides is 2. The van der Waals surface area contributed by atoms with Gasteiger partial charge in [-0.1, -0.05) is 13.8 Å². The minimum atomic E-state index is -1.000. The van der Waals surface area contributed by atoms with Gasteiger partial charge >= 0.3 is 0 Å². The number of hydrogen-bond acceptors (Lipinski definition) is 4. The van der Waals surface area contributed by atoms with E-state index in [2.05, 4.69) is 10.3 Å². The first-order valence-corrected chi connectivity index (χ1v) is 9.73. The number of aromatic nitrogens is 2. The lowest BCUT2D eigenvalue weighted by atomic mass is 10.0. The number of imidazole rings is 1. The molecular weight excluding hydrogens is 406 g/mol. The summed E-state index contributed by atoms with van der Waals surface area (Å²) >= 11 is 0. The quantitative estimate of drug-likeness (QED) is 0.621. The molecule has 31 heavy (non-hydrogen) atoms. The van der Waals surface area contributed by atoms with Gasteiger partial charge in [0.25, 0.3) is 5.91 Å². The van der Waals surface area contributed by atoms with Crippen LogP contribution in [0.2, 0.25) is 0 Å². The number of rotatable bonds is 7. The van der Waals surface area contributed by atoms with Gasteiger partial charge in [-0.25, -0.2) is 13.8 Å².